The first kappa shape index (κ1) is 11.3. The molecule has 2 aliphatic rings. The molecule has 0 spiro atoms. The fourth-order valence-corrected chi connectivity index (χ4v) is 2.56. The Hall–Kier alpha value is -1.84. The molecule has 4 heteroatoms. The van der Waals surface area contributed by atoms with Crippen molar-refractivity contribution in [2.45, 2.75) is 25.4 Å². The van der Waals surface area contributed by atoms with Gasteiger partial charge in [-0.3, -0.25) is 4.79 Å². The second-order valence-corrected chi connectivity index (χ2v) is 4.79. The Bertz CT molecular complexity index is 549. The predicted molar refractivity (Wildman–Crippen MR) is 63.6 cm³/mol. The van der Waals surface area contributed by atoms with Gasteiger partial charge in [0.2, 0.25) is 5.60 Å². The van der Waals surface area contributed by atoms with E-state index in [2.05, 4.69) is 0 Å². The van der Waals surface area contributed by atoms with Crippen LogP contribution in [0.1, 0.15) is 29.3 Å². The summed E-state index contributed by atoms with van der Waals surface area (Å²) in [6.07, 6.45) is 1.29. The largest absolute Gasteiger partial charge is 0.474 e. The van der Waals surface area contributed by atoms with Gasteiger partial charge in [-0.05, 0) is 24.1 Å². The molecule has 1 aliphatic heterocycles. The van der Waals surface area contributed by atoms with Gasteiger partial charge >= 0.3 is 5.97 Å². The second-order valence-electron chi connectivity index (χ2n) is 4.79. The van der Waals surface area contributed by atoms with E-state index in [1.54, 1.807) is 6.07 Å². The number of hydrogen-bond acceptors (Lipinski definition) is 4. The lowest BCUT2D eigenvalue weighted by atomic mass is 9.98. The lowest BCUT2D eigenvalue weighted by Crippen LogP contribution is -2.38. The van der Waals surface area contributed by atoms with Gasteiger partial charge in [0.1, 0.15) is 5.75 Å². The fourth-order valence-electron chi connectivity index (χ4n) is 2.56. The number of carbonyl (C=O) groups is 2. The molecule has 1 saturated carbocycles. The van der Waals surface area contributed by atoms with Crippen molar-refractivity contribution >= 4 is 11.8 Å². The number of benzene rings is 1. The third-order valence-electron chi connectivity index (χ3n) is 3.77. The highest BCUT2D eigenvalue weighted by Crippen LogP contribution is 2.54. The Morgan fingerprint density at radius 2 is 2.33 bits per heavy atom. The lowest BCUT2D eigenvalue weighted by Gasteiger charge is -2.23. The van der Waals surface area contributed by atoms with E-state index < -0.39 is 11.6 Å². The van der Waals surface area contributed by atoms with Crippen LogP contribution in [0, 0.1) is 5.92 Å². The SMILES string of the molecule is CCc1ccc2c(c1)C(=O)C1CC1(C(=O)OC)O2. The van der Waals surface area contributed by atoms with Gasteiger partial charge in [-0.1, -0.05) is 13.0 Å². The van der Waals surface area contributed by atoms with Crippen LogP contribution in [0.2, 0.25) is 0 Å². The molecular weight excluding hydrogens is 232 g/mol. The number of esters is 1. The number of hydrogen-bond donors (Lipinski definition) is 0. The van der Waals surface area contributed by atoms with Gasteiger partial charge in [0, 0.05) is 6.42 Å². The minimum atomic E-state index is -1.05. The van der Waals surface area contributed by atoms with E-state index in [0.29, 0.717) is 17.7 Å². The first-order valence-corrected chi connectivity index (χ1v) is 6.07. The average Bonchev–Trinajstić information content (AvgIpc) is 3.14. The number of ether oxygens (including phenoxy) is 2. The zero-order valence-corrected chi connectivity index (χ0v) is 10.4. The lowest BCUT2D eigenvalue weighted by molar-refractivity contribution is -0.151. The van der Waals surface area contributed by atoms with Crippen molar-refractivity contribution in [2.75, 3.05) is 7.11 Å². The maximum atomic E-state index is 12.3. The monoisotopic (exact) mass is 246 g/mol. The fraction of sp³-hybridized carbons (Fsp3) is 0.429. The van der Waals surface area contributed by atoms with Crippen LogP contribution in [-0.2, 0) is 16.0 Å². The molecule has 2 unspecified atom stereocenters. The summed E-state index contributed by atoms with van der Waals surface area (Å²) in [7, 11) is 1.32. The maximum absolute atomic E-state index is 12.3. The molecule has 1 aromatic rings. The van der Waals surface area contributed by atoms with E-state index >= 15 is 0 Å². The minimum absolute atomic E-state index is 0.00282. The smallest absolute Gasteiger partial charge is 0.351 e. The van der Waals surface area contributed by atoms with Gasteiger partial charge < -0.3 is 9.47 Å². The summed E-state index contributed by atoms with van der Waals surface area (Å²) < 4.78 is 10.4. The van der Waals surface area contributed by atoms with Gasteiger partial charge in [0.25, 0.3) is 0 Å². The summed E-state index contributed by atoms with van der Waals surface area (Å²) in [4.78, 5) is 24.0. The van der Waals surface area contributed by atoms with Crippen molar-refractivity contribution in [2.24, 2.45) is 5.92 Å². The quantitative estimate of drug-likeness (QED) is 0.746. The van der Waals surface area contributed by atoms with Crippen molar-refractivity contribution < 1.29 is 19.1 Å². The third kappa shape index (κ3) is 1.32. The molecule has 94 valence electrons. The van der Waals surface area contributed by atoms with E-state index in [1.165, 1.54) is 7.11 Å². The zero-order valence-electron chi connectivity index (χ0n) is 10.4. The molecule has 4 nitrogen and oxygen atoms in total. The number of Topliss-reactive ketones (excluding diaryl/α,β-unsaturated/α-hetero) is 1. The third-order valence-corrected chi connectivity index (χ3v) is 3.77. The molecule has 0 saturated heterocycles. The highest BCUT2D eigenvalue weighted by molar-refractivity contribution is 6.09. The molecular formula is C14H14O4. The normalized spacial score (nSPS) is 27.9. The van der Waals surface area contributed by atoms with E-state index in [-0.39, 0.29) is 11.7 Å². The Kier molecular flexibility index (Phi) is 2.24. The molecule has 1 fully saturated rings. The summed E-state index contributed by atoms with van der Waals surface area (Å²) in [6.45, 7) is 2.03. The number of fused-ring (bicyclic) bond motifs is 2. The van der Waals surface area contributed by atoms with Crippen LogP contribution in [0.25, 0.3) is 0 Å². The summed E-state index contributed by atoms with van der Waals surface area (Å²) in [5.74, 6) is -0.330. The first-order chi connectivity index (χ1) is 8.62. The molecule has 1 aromatic carbocycles. The number of carbonyl (C=O) groups excluding carboxylic acids is 2. The van der Waals surface area contributed by atoms with Gasteiger partial charge in [-0.15, -0.1) is 0 Å². The number of aryl methyl sites for hydroxylation is 1. The molecule has 3 rings (SSSR count). The maximum Gasteiger partial charge on any atom is 0.351 e. The summed E-state index contributed by atoms with van der Waals surface area (Å²) in [5.41, 5.74) is 0.639. The summed E-state index contributed by atoms with van der Waals surface area (Å²) >= 11 is 0. The minimum Gasteiger partial charge on any atom is -0.474 e. The number of ketones is 1. The van der Waals surface area contributed by atoms with Crippen molar-refractivity contribution in [3.8, 4) is 5.75 Å². The molecule has 1 heterocycles. The molecule has 0 N–H and O–H groups in total. The van der Waals surface area contributed by atoms with Crippen LogP contribution in [0.15, 0.2) is 18.2 Å². The van der Waals surface area contributed by atoms with Crippen molar-refractivity contribution in [1.29, 1.82) is 0 Å². The van der Waals surface area contributed by atoms with E-state index in [0.717, 1.165) is 12.0 Å². The topological polar surface area (TPSA) is 52.6 Å². The molecule has 0 bridgehead atoms. The van der Waals surface area contributed by atoms with Crippen LogP contribution in [0.5, 0.6) is 5.75 Å². The van der Waals surface area contributed by atoms with Crippen LogP contribution < -0.4 is 4.74 Å². The van der Waals surface area contributed by atoms with Crippen LogP contribution in [-0.4, -0.2) is 24.5 Å². The van der Waals surface area contributed by atoms with Crippen LogP contribution in [0.3, 0.4) is 0 Å². The van der Waals surface area contributed by atoms with Crippen molar-refractivity contribution in [3.05, 3.63) is 29.3 Å². The zero-order chi connectivity index (χ0) is 12.9. The second kappa shape index (κ2) is 3.57. The van der Waals surface area contributed by atoms with Crippen molar-refractivity contribution in [1.82, 2.24) is 0 Å². The predicted octanol–water partition coefficient (Wildman–Crippen LogP) is 1.76. The summed E-state index contributed by atoms with van der Waals surface area (Å²) in [5, 5.41) is 0. The molecule has 1 aliphatic carbocycles. The van der Waals surface area contributed by atoms with Gasteiger partial charge in [0.15, 0.2) is 5.78 Å². The molecule has 0 radical (unpaired) electrons. The van der Waals surface area contributed by atoms with Crippen LogP contribution in [0.4, 0.5) is 0 Å². The van der Waals surface area contributed by atoms with E-state index in [4.69, 9.17) is 9.47 Å². The van der Waals surface area contributed by atoms with E-state index in [1.807, 2.05) is 19.1 Å². The Morgan fingerprint density at radius 3 is 3.00 bits per heavy atom. The Balaban J connectivity index is 2.02. The highest BCUT2D eigenvalue weighted by atomic mass is 16.6. The standard InChI is InChI=1S/C14H14O4/c1-3-8-4-5-11-9(6-8)12(15)10-7-14(10,18-11)13(16)17-2/h4-6,10H,3,7H2,1-2H3. The van der Waals surface area contributed by atoms with Crippen molar-refractivity contribution in [3.63, 3.8) is 0 Å². The summed E-state index contributed by atoms with van der Waals surface area (Å²) in [6, 6.07) is 5.54. The molecule has 0 aromatic heterocycles. The number of rotatable bonds is 2. The van der Waals surface area contributed by atoms with Gasteiger partial charge in [0.05, 0.1) is 18.6 Å². The average molecular weight is 246 g/mol. The Morgan fingerprint density at radius 1 is 1.56 bits per heavy atom. The molecule has 18 heavy (non-hydrogen) atoms. The van der Waals surface area contributed by atoms with Gasteiger partial charge in [-0.25, -0.2) is 4.79 Å². The highest BCUT2D eigenvalue weighted by Gasteiger charge is 2.70. The first-order valence-electron chi connectivity index (χ1n) is 6.07. The van der Waals surface area contributed by atoms with Crippen LogP contribution >= 0.6 is 0 Å². The van der Waals surface area contributed by atoms with E-state index in [9.17, 15) is 9.59 Å². The molecule has 0 amide bonds. The number of methoxy groups -OCH3 is 1. The Labute approximate surface area is 105 Å². The molecule has 2 atom stereocenters. The van der Waals surface area contributed by atoms with Gasteiger partial charge in [-0.2, -0.15) is 0 Å².